The number of nitrogens with zero attached hydrogens (tertiary/aromatic N) is 1. The van der Waals surface area contributed by atoms with Crippen molar-refractivity contribution in [2.24, 2.45) is 5.92 Å². The summed E-state index contributed by atoms with van der Waals surface area (Å²) in [5.41, 5.74) is 4.55. The summed E-state index contributed by atoms with van der Waals surface area (Å²) < 4.78 is 6.57. The molecular weight excluding hydrogens is 360 g/mol. The molecule has 1 fully saturated rings. The van der Waals surface area contributed by atoms with Crippen LogP contribution in [-0.4, -0.2) is 42.3 Å². The summed E-state index contributed by atoms with van der Waals surface area (Å²) in [6.07, 6.45) is 3.69. The number of aromatic amines is 1. The first-order chi connectivity index (χ1) is 14.1. The molecule has 2 heterocycles. The maximum Gasteiger partial charge on any atom is 0.113 e. The maximum absolute atomic E-state index is 10.6. The Morgan fingerprint density at radius 2 is 1.83 bits per heavy atom. The normalized spacial score (nSPS) is 29.4. The van der Waals surface area contributed by atoms with Crippen molar-refractivity contribution in [2.45, 2.75) is 36.8 Å². The van der Waals surface area contributed by atoms with Crippen molar-refractivity contribution in [1.29, 1.82) is 0 Å². The Balaban J connectivity index is 1.61. The van der Waals surface area contributed by atoms with Crippen LogP contribution in [0, 0.1) is 5.92 Å². The van der Waals surface area contributed by atoms with Crippen molar-refractivity contribution in [3.05, 3.63) is 71.4 Å². The number of para-hydroxylation sites is 1. The number of ether oxygens (including phenoxy) is 1. The van der Waals surface area contributed by atoms with Gasteiger partial charge in [0, 0.05) is 29.0 Å². The molecule has 4 nitrogen and oxygen atoms in total. The molecule has 0 saturated heterocycles. The van der Waals surface area contributed by atoms with Gasteiger partial charge >= 0.3 is 0 Å². The lowest BCUT2D eigenvalue weighted by molar-refractivity contribution is -0.163. The number of aromatic nitrogens is 1. The second kappa shape index (κ2) is 6.98. The fraction of sp³-hybridized carbons (Fsp3) is 0.440. The zero-order valence-corrected chi connectivity index (χ0v) is 17.3. The Morgan fingerprint density at radius 3 is 2.59 bits per heavy atom. The molecule has 4 heteroatoms. The van der Waals surface area contributed by atoms with Gasteiger partial charge in [-0.05, 0) is 57.0 Å². The predicted molar refractivity (Wildman–Crippen MR) is 116 cm³/mol. The van der Waals surface area contributed by atoms with Crippen LogP contribution in [0.15, 0.2) is 54.6 Å². The third-order valence-electron chi connectivity index (χ3n) is 7.49. The first-order valence-corrected chi connectivity index (χ1v) is 10.7. The SMILES string of the molecule is CN(C)C1(c2ccccc2)CCC2(OCCc3c2[nH]c2ccccc32)C(CO)C1. The summed E-state index contributed by atoms with van der Waals surface area (Å²) in [4.78, 5) is 6.03. The molecule has 3 aromatic rings. The van der Waals surface area contributed by atoms with Gasteiger partial charge < -0.3 is 14.8 Å². The fourth-order valence-electron chi connectivity index (χ4n) is 5.91. The lowest BCUT2D eigenvalue weighted by atomic mass is 9.62. The molecule has 2 aromatic carbocycles. The van der Waals surface area contributed by atoms with Gasteiger partial charge in [0.05, 0.1) is 12.3 Å². The minimum Gasteiger partial charge on any atom is -0.396 e. The molecule has 2 aliphatic rings. The molecule has 3 atom stereocenters. The van der Waals surface area contributed by atoms with E-state index in [4.69, 9.17) is 4.74 Å². The van der Waals surface area contributed by atoms with Crippen LogP contribution in [0.3, 0.4) is 0 Å². The molecule has 1 aromatic heterocycles. The molecule has 1 spiro atoms. The number of aliphatic hydroxyl groups excluding tert-OH is 1. The average Bonchev–Trinajstić information content (AvgIpc) is 3.15. The van der Waals surface area contributed by atoms with Crippen molar-refractivity contribution in [2.75, 3.05) is 27.3 Å². The lowest BCUT2D eigenvalue weighted by Gasteiger charge is -2.54. The van der Waals surface area contributed by atoms with E-state index < -0.39 is 5.60 Å². The minimum absolute atomic E-state index is 0.0333. The quantitative estimate of drug-likeness (QED) is 0.705. The van der Waals surface area contributed by atoms with Gasteiger partial charge in [0.1, 0.15) is 5.60 Å². The van der Waals surface area contributed by atoms with Gasteiger partial charge in [-0.3, -0.25) is 4.90 Å². The number of fused-ring (bicyclic) bond motifs is 4. The molecule has 0 amide bonds. The highest BCUT2D eigenvalue weighted by Crippen LogP contribution is 2.55. The Labute approximate surface area is 172 Å². The van der Waals surface area contributed by atoms with Crippen LogP contribution in [0.1, 0.15) is 36.1 Å². The molecule has 1 aliphatic carbocycles. The van der Waals surface area contributed by atoms with Crippen molar-refractivity contribution in [3.63, 3.8) is 0 Å². The number of aliphatic hydroxyl groups is 1. The van der Waals surface area contributed by atoms with E-state index in [9.17, 15) is 5.11 Å². The summed E-state index contributed by atoms with van der Waals surface area (Å²) in [6, 6.07) is 19.3. The largest absolute Gasteiger partial charge is 0.396 e. The molecule has 2 N–H and O–H groups in total. The zero-order chi connectivity index (χ0) is 20.1. The maximum atomic E-state index is 10.6. The van der Waals surface area contributed by atoms with Crippen LogP contribution in [-0.2, 0) is 22.3 Å². The topological polar surface area (TPSA) is 48.5 Å². The molecule has 0 bridgehead atoms. The monoisotopic (exact) mass is 390 g/mol. The van der Waals surface area contributed by atoms with E-state index >= 15 is 0 Å². The molecular formula is C25H30N2O2. The first kappa shape index (κ1) is 18.9. The number of nitrogens with one attached hydrogen (secondary N) is 1. The zero-order valence-electron chi connectivity index (χ0n) is 17.3. The summed E-state index contributed by atoms with van der Waals surface area (Å²) in [5.74, 6) is 0.0333. The molecule has 3 unspecified atom stereocenters. The molecule has 0 radical (unpaired) electrons. The van der Waals surface area contributed by atoms with Gasteiger partial charge in [-0.1, -0.05) is 48.5 Å². The highest BCUT2D eigenvalue weighted by atomic mass is 16.5. The van der Waals surface area contributed by atoms with Crippen LogP contribution in [0.2, 0.25) is 0 Å². The molecule has 1 aliphatic heterocycles. The third kappa shape index (κ3) is 2.70. The second-order valence-corrected chi connectivity index (χ2v) is 8.89. The minimum atomic E-state index is -0.435. The van der Waals surface area contributed by atoms with Crippen molar-refractivity contribution in [3.8, 4) is 0 Å². The van der Waals surface area contributed by atoms with Gasteiger partial charge in [-0.25, -0.2) is 0 Å². The highest BCUT2D eigenvalue weighted by Gasteiger charge is 2.54. The van der Waals surface area contributed by atoms with E-state index in [-0.39, 0.29) is 18.1 Å². The second-order valence-electron chi connectivity index (χ2n) is 8.89. The summed E-state index contributed by atoms with van der Waals surface area (Å²) >= 11 is 0. The van der Waals surface area contributed by atoms with E-state index in [1.54, 1.807) is 0 Å². The number of rotatable bonds is 3. The average molecular weight is 391 g/mol. The lowest BCUT2D eigenvalue weighted by Crippen LogP contribution is -2.55. The van der Waals surface area contributed by atoms with E-state index in [1.165, 1.54) is 27.7 Å². The van der Waals surface area contributed by atoms with Crippen LogP contribution in [0.4, 0.5) is 0 Å². The molecule has 1 saturated carbocycles. The third-order valence-corrected chi connectivity index (χ3v) is 7.49. The summed E-state index contributed by atoms with van der Waals surface area (Å²) in [7, 11) is 4.32. The molecule has 29 heavy (non-hydrogen) atoms. The van der Waals surface area contributed by atoms with Gasteiger partial charge in [-0.2, -0.15) is 0 Å². The molecule has 5 rings (SSSR count). The van der Waals surface area contributed by atoms with Gasteiger partial charge in [-0.15, -0.1) is 0 Å². The van der Waals surface area contributed by atoms with Crippen molar-refractivity contribution in [1.82, 2.24) is 9.88 Å². The number of benzene rings is 2. The predicted octanol–water partition coefficient (Wildman–Crippen LogP) is 4.19. The van der Waals surface area contributed by atoms with Crippen LogP contribution >= 0.6 is 0 Å². The first-order valence-electron chi connectivity index (χ1n) is 10.7. The van der Waals surface area contributed by atoms with Gasteiger partial charge in [0.2, 0.25) is 0 Å². The van der Waals surface area contributed by atoms with E-state index in [0.717, 1.165) is 25.7 Å². The fourth-order valence-corrected chi connectivity index (χ4v) is 5.91. The number of H-pyrrole nitrogens is 1. The van der Waals surface area contributed by atoms with Crippen molar-refractivity contribution < 1.29 is 9.84 Å². The summed E-state index contributed by atoms with van der Waals surface area (Å²) in [6.45, 7) is 0.836. The Kier molecular flexibility index (Phi) is 4.54. The van der Waals surface area contributed by atoms with Gasteiger partial charge in [0.25, 0.3) is 0 Å². The number of hydrogen-bond donors (Lipinski definition) is 2. The Morgan fingerprint density at radius 1 is 1.07 bits per heavy atom. The van der Waals surface area contributed by atoms with Crippen LogP contribution in [0.5, 0.6) is 0 Å². The van der Waals surface area contributed by atoms with E-state index in [0.29, 0.717) is 6.61 Å². The van der Waals surface area contributed by atoms with E-state index in [2.05, 4.69) is 78.6 Å². The van der Waals surface area contributed by atoms with Gasteiger partial charge in [0.15, 0.2) is 0 Å². The van der Waals surface area contributed by atoms with E-state index in [1.807, 2.05) is 0 Å². The standard InChI is InChI=1S/C25H30N2O2/c1-27(2)24(18-8-4-3-5-9-18)13-14-25(19(16-24)17-28)23-21(12-15-29-25)20-10-6-7-11-22(20)26-23/h3-11,19,26,28H,12-17H2,1-2H3. The smallest absolute Gasteiger partial charge is 0.113 e. The molecule has 152 valence electrons. The highest BCUT2D eigenvalue weighted by molar-refractivity contribution is 5.85. The Hall–Kier alpha value is -2.14. The summed E-state index contributed by atoms with van der Waals surface area (Å²) in [5, 5.41) is 11.9. The van der Waals surface area contributed by atoms with Crippen LogP contribution in [0.25, 0.3) is 10.9 Å². The van der Waals surface area contributed by atoms with Crippen LogP contribution < -0.4 is 0 Å². The van der Waals surface area contributed by atoms with Crippen molar-refractivity contribution >= 4 is 10.9 Å². The Bertz CT molecular complexity index is 1010. The number of hydrogen-bond acceptors (Lipinski definition) is 3.